The lowest BCUT2D eigenvalue weighted by Gasteiger charge is -2.26. The largest absolute Gasteiger partial charge is 0.486 e. The zero-order valence-electron chi connectivity index (χ0n) is 17.4. The van der Waals surface area contributed by atoms with E-state index >= 15 is 0 Å². The fraction of sp³-hybridized carbons (Fsp3) is 0.435. The molecule has 2 aromatic rings. The fourth-order valence-electron chi connectivity index (χ4n) is 2.79. The molecule has 0 aliphatic heterocycles. The van der Waals surface area contributed by atoms with Gasteiger partial charge in [0.15, 0.2) is 0 Å². The number of hydrogen-bond donors (Lipinski definition) is 1. The number of amides is 1. The van der Waals surface area contributed by atoms with Crippen LogP contribution in [0.4, 0.5) is 4.79 Å². The Labute approximate surface area is 167 Å². The van der Waals surface area contributed by atoms with Crippen molar-refractivity contribution < 1.29 is 19.4 Å². The second kappa shape index (κ2) is 9.60. The summed E-state index contributed by atoms with van der Waals surface area (Å²) in [4.78, 5) is 13.8. The average molecular weight is 386 g/mol. The van der Waals surface area contributed by atoms with E-state index in [1.807, 2.05) is 76.2 Å². The summed E-state index contributed by atoms with van der Waals surface area (Å²) in [6.07, 6.45) is 0.0773. The molecule has 0 saturated carbocycles. The van der Waals surface area contributed by atoms with Gasteiger partial charge in [-0.1, -0.05) is 36.4 Å². The minimum atomic E-state index is -0.521. The van der Waals surface area contributed by atoms with Crippen LogP contribution in [0.2, 0.25) is 0 Å². The number of hydrogen-bond acceptors (Lipinski definition) is 4. The van der Waals surface area contributed by atoms with Gasteiger partial charge in [0.2, 0.25) is 0 Å². The smallest absolute Gasteiger partial charge is 0.410 e. The Kier molecular flexibility index (Phi) is 7.46. The van der Waals surface area contributed by atoms with Crippen LogP contribution in [0.1, 0.15) is 50.0 Å². The molecule has 1 atom stereocenters. The maximum Gasteiger partial charge on any atom is 0.410 e. The molecule has 2 rings (SSSR count). The van der Waals surface area contributed by atoms with Crippen molar-refractivity contribution >= 4 is 6.09 Å². The zero-order valence-corrected chi connectivity index (χ0v) is 17.4. The number of aryl methyl sites for hydroxylation is 1. The lowest BCUT2D eigenvalue weighted by molar-refractivity contribution is 0.0278. The number of aliphatic hydroxyl groups is 1. The molecule has 0 aliphatic rings. The van der Waals surface area contributed by atoms with E-state index in [4.69, 9.17) is 9.47 Å². The summed E-state index contributed by atoms with van der Waals surface area (Å²) < 4.78 is 11.7. The first kappa shape index (κ1) is 21.8. The van der Waals surface area contributed by atoms with Crippen LogP contribution in [0.15, 0.2) is 48.5 Å². The number of benzene rings is 2. The first-order valence-electron chi connectivity index (χ1n) is 9.55. The van der Waals surface area contributed by atoms with Crippen molar-refractivity contribution in [1.29, 1.82) is 0 Å². The van der Waals surface area contributed by atoms with E-state index in [9.17, 15) is 9.90 Å². The molecule has 0 radical (unpaired) electrons. The Balaban J connectivity index is 2.10. The number of carbonyl (C=O) groups excluding carboxylic acids is 1. The van der Waals surface area contributed by atoms with Gasteiger partial charge in [-0.15, -0.1) is 0 Å². The van der Waals surface area contributed by atoms with E-state index in [0.29, 0.717) is 13.0 Å². The van der Waals surface area contributed by atoms with Crippen LogP contribution in [-0.4, -0.2) is 35.3 Å². The number of nitrogens with zero attached hydrogens (tertiary/aromatic N) is 1. The Morgan fingerprint density at radius 1 is 1.14 bits per heavy atom. The van der Waals surface area contributed by atoms with Crippen LogP contribution in [0.5, 0.6) is 5.75 Å². The second-order valence-electron chi connectivity index (χ2n) is 7.95. The van der Waals surface area contributed by atoms with Crippen molar-refractivity contribution in [2.24, 2.45) is 0 Å². The van der Waals surface area contributed by atoms with Gasteiger partial charge in [0.05, 0.1) is 6.61 Å². The Hall–Kier alpha value is -2.53. The minimum absolute atomic E-state index is 0.00884. The quantitative estimate of drug-likeness (QED) is 0.739. The maximum absolute atomic E-state index is 12.2. The van der Waals surface area contributed by atoms with E-state index in [1.165, 1.54) is 0 Å². The first-order chi connectivity index (χ1) is 13.2. The molecule has 1 amide bonds. The molecule has 5 nitrogen and oxygen atoms in total. The predicted molar refractivity (Wildman–Crippen MR) is 110 cm³/mol. The van der Waals surface area contributed by atoms with Crippen LogP contribution in [0.25, 0.3) is 0 Å². The second-order valence-corrected chi connectivity index (χ2v) is 7.95. The molecule has 28 heavy (non-hydrogen) atoms. The third-order valence-electron chi connectivity index (χ3n) is 4.37. The van der Waals surface area contributed by atoms with Gasteiger partial charge in [-0.3, -0.25) is 0 Å². The molecule has 0 unspecified atom stereocenters. The van der Waals surface area contributed by atoms with Crippen LogP contribution >= 0.6 is 0 Å². The summed E-state index contributed by atoms with van der Waals surface area (Å²) in [7, 11) is 1.73. The standard InChI is InChI=1S/C23H31NO4/c1-17-15-20(12-11-19(17)16-25)27-21(18-9-7-6-8-10-18)13-14-24(5)22(26)28-23(2,3)4/h6-12,15,21,25H,13-14,16H2,1-5H3/t21-/m0/s1. The van der Waals surface area contributed by atoms with Gasteiger partial charge < -0.3 is 19.5 Å². The molecule has 2 aromatic carbocycles. The Morgan fingerprint density at radius 3 is 2.39 bits per heavy atom. The fourth-order valence-corrected chi connectivity index (χ4v) is 2.79. The summed E-state index contributed by atoms with van der Waals surface area (Å²) in [6.45, 7) is 8.02. The highest BCUT2D eigenvalue weighted by Gasteiger charge is 2.21. The minimum Gasteiger partial charge on any atom is -0.486 e. The van der Waals surface area contributed by atoms with Crippen molar-refractivity contribution in [3.63, 3.8) is 0 Å². The molecule has 0 aromatic heterocycles. The van der Waals surface area contributed by atoms with Gasteiger partial charge in [-0.25, -0.2) is 4.79 Å². The highest BCUT2D eigenvalue weighted by Crippen LogP contribution is 2.27. The zero-order chi connectivity index (χ0) is 20.7. The lowest BCUT2D eigenvalue weighted by atomic mass is 10.1. The maximum atomic E-state index is 12.2. The summed E-state index contributed by atoms with van der Waals surface area (Å²) in [5.74, 6) is 0.739. The van der Waals surface area contributed by atoms with Crippen LogP contribution < -0.4 is 4.74 Å². The van der Waals surface area contributed by atoms with Crippen molar-refractivity contribution in [3.05, 3.63) is 65.2 Å². The predicted octanol–water partition coefficient (Wildman–Crippen LogP) is 4.86. The molecule has 0 spiro atoms. The number of carbonyl (C=O) groups is 1. The molecule has 5 heteroatoms. The Bertz CT molecular complexity index is 768. The highest BCUT2D eigenvalue weighted by atomic mass is 16.6. The molecule has 1 N–H and O–H groups in total. The van der Waals surface area contributed by atoms with Gasteiger partial charge in [-0.2, -0.15) is 0 Å². The van der Waals surface area contributed by atoms with Gasteiger partial charge in [0.25, 0.3) is 0 Å². The SMILES string of the molecule is Cc1cc(O[C@@H](CCN(C)C(=O)OC(C)(C)C)c2ccccc2)ccc1CO. The van der Waals surface area contributed by atoms with E-state index in [2.05, 4.69) is 0 Å². The molecule has 0 heterocycles. The van der Waals surface area contributed by atoms with E-state index in [-0.39, 0.29) is 18.8 Å². The van der Waals surface area contributed by atoms with Crippen molar-refractivity contribution in [3.8, 4) is 5.75 Å². The molecular weight excluding hydrogens is 354 g/mol. The third-order valence-corrected chi connectivity index (χ3v) is 4.37. The number of aliphatic hydroxyl groups excluding tert-OH is 1. The normalized spacial score (nSPS) is 12.4. The van der Waals surface area contributed by atoms with Crippen LogP contribution in [-0.2, 0) is 11.3 Å². The number of ether oxygens (including phenoxy) is 2. The van der Waals surface area contributed by atoms with Gasteiger partial charge in [0, 0.05) is 20.0 Å². The third kappa shape index (κ3) is 6.57. The molecular formula is C23H31NO4. The van der Waals surface area contributed by atoms with E-state index < -0.39 is 5.60 Å². The molecule has 0 aliphatic carbocycles. The summed E-state index contributed by atoms with van der Waals surface area (Å²) in [6, 6.07) is 15.6. The van der Waals surface area contributed by atoms with Gasteiger partial charge >= 0.3 is 6.09 Å². The lowest BCUT2D eigenvalue weighted by Crippen LogP contribution is -2.35. The Morgan fingerprint density at radius 2 is 1.82 bits per heavy atom. The average Bonchev–Trinajstić information content (AvgIpc) is 2.64. The van der Waals surface area contributed by atoms with Crippen molar-refractivity contribution in [1.82, 2.24) is 4.90 Å². The van der Waals surface area contributed by atoms with Crippen LogP contribution in [0, 0.1) is 6.92 Å². The topological polar surface area (TPSA) is 59.0 Å². The summed E-state index contributed by atoms with van der Waals surface area (Å²) >= 11 is 0. The molecule has 0 bridgehead atoms. The molecule has 152 valence electrons. The first-order valence-corrected chi connectivity index (χ1v) is 9.55. The van der Waals surface area contributed by atoms with Gasteiger partial charge in [-0.05, 0) is 56.5 Å². The number of rotatable bonds is 7. The highest BCUT2D eigenvalue weighted by molar-refractivity contribution is 5.67. The monoisotopic (exact) mass is 385 g/mol. The van der Waals surface area contributed by atoms with E-state index in [0.717, 1.165) is 22.4 Å². The van der Waals surface area contributed by atoms with Gasteiger partial charge in [0.1, 0.15) is 17.5 Å². The molecule has 0 saturated heterocycles. The van der Waals surface area contributed by atoms with Crippen molar-refractivity contribution in [2.75, 3.05) is 13.6 Å². The summed E-state index contributed by atoms with van der Waals surface area (Å²) in [5, 5.41) is 9.36. The summed E-state index contributed by atoms with van der Waals surface area (Å²) in [5.41, 5.74) is 2.39. The van der Waals surface area contributed by atoms with E-state index in [1.54, 1.807) is 11.9 Å². The van der Waals surface area contributed by atoms with Crippen molar-refractivity contribution in [2.45, 2.75) is 52.4 Å². The molecule has 0 fully saturated rings. The van der Waals surface area contributed by atoms with Crippen LogP contribution in [0.3, 0.4) is 0 Å².